The summed E-state index contributed by atoms with van der Waals surface area (Å²) in [5.74, 6) is 3.50. The molecule has 0 unspecified atom stereocenters. The maximum Gasteiger partial charge on any atom is 0.188 e. The summed E-state index contributed by atoms with van der Waals surface area (Å²) in [6.07, 6.45) is 0. The van der Waals surface area contributed by atoms with Crippen LogP contribution in [-0.4, -0.2) is 8.07 Å². The van der Waals surface area contributed by atoms with Gasteiger partial charge in [-0.2, -0.15) is 0 Å². The maximum atomic E-state index is 6.76. The lowest BCUT2D eigenvalue weighted by Gasteiger charge is -2.40. The molecule has 0 aliphatic carbocycles. The minimum atomic E-state index is -2.66. The highest BCUT2D eigenvalue weighted by atomic mass is 28.3. The smallest absolute Gasteiger partial charge is 0.188 e. The van der Waals surface area contributed by atoms with E-state index in [0.717, 1.165) is 40.1 Å². The fourth-order valence-electron chi connectivity index (χ4n) is 6.32. The number of rotatable bonds is 3. The average Bonchev–Trinajstić information content (AvgIpc) is 3.03. The van der Waals surface area contributed by atoms with Gasteiger partial charge in [0.2, 0.25) is 0 Å². The number of nitrogens with zero attached hydrogens (tertiary/aromatic N) is 1. The standard InChI is InChI=1S/C36H25NO2Si/c1-3-13-27(14-4-1)40(28-15-5-2-6-16-28)35-22-12-11-21-33(35)39-34-25-26(23-24-36(34)40)37-29-17-7-9-19-31(29)38-32-20-10-8-18-30(32)37/h1-25H. The minimum absolute atomic E-state index is 0.836. The summed E-state index contributed by atoms with van der Waals surface area (Å²) in [7, 11) is -2.66. The lowest BCUT2D eigenvalue weighted by Crippen LogP contribution is -2.76. The molecule has 6 aromatic carbocycles. The quantitative estimate of drug-likeness (QED) is 0.236. The lowest BCUT2D eigenvalue weighted by atomic mass is 10.1. The molecule has 0 radical (unpaired) electrons. The third-order valence-corrected chi connectivity index (χ3v) is 12.8. The Labute approximate surface area is 234 Å². The van der Waals surface area contributed by atoms with Crippen LogP contribution in [0.3, 0.4) is 0 Å². The van der Waals surface area contributed by atoms with Crippen molar-refractivity contribution in [3.8, 4) is 23.0 Å². The molecular formula is C36H25NO2Si. The lowest BCUT2D eigenvalue weighted by molar-refractivity contribution is 0.476. The van der Waals surface area contributed by atoms with Crippen LogP contribution < -0.4 is 35.1 Å². The summed E-state index contributed by atoms with van der Waals surface area (Å²) in [5.41, 5.74) is 3.05. The molecule has 6 aromatic rings. The molecule has 0 saturated carbocycles. The third kappa shape index (κ3) is 3.30. The molecular weight excluding hydrogens is 506 g/mol. The highest BCUT2D eigenvalue weighted by molar-refractivity contribution is 7.20. The zero-order valence-electron chi connectivity index (χ0n) is 21.7. The summed E-state index contributed by atoms with van der Waals surface area (Å²) in [6.45, 7) is 0. The van der Waals surface area contributed by atoms with Gasteiger partial charge in [-0.05, 0) is 57.1 Å². The van der Waals surface area contributed by atoms with Crippen LogP contribution in [0.15, 0.2) is 152 Å². The van der Waals surface area contributed by atoms with E-state index in [1.807, 2.05) is 24.3 Å². The second-order valence-corrected chi connectivity index (χ2v) is 13.9. The highest BCUT2D eigenvalue weighted by Gasteiger charge is 2.48. The largest absolute Gasteiger partial charge is 0.457 e. The summed E-state index contributed by atoms with van der Waals surface area (Å²) >= 11 is 0. The number of para-hydroxylation sites is 5. The van der Waals surface area contributed by atoms with E-state index in [-0.39, 0.29) is 0 Å². The molecule has 8 rings (SSSR count). The van der Waals surface area contributed by atoms with Gasteiger partial charge in [-0.25, -0.2) is 0 Å². The van der Waals surface area contributed by atoms with Crippen molar-refractivity contribution in [3.63, 3.8) is 0 Å². The third-order valence-electron chi connectivity index (χ3n) is 7.98. The normalized spacial score (nSPS) is 14.1. The van der Waals surface area contributed by atoms with E-state index in [1.54, 1.807) is 0 Å². The van der Waals surface area contributed by atoms with E-state index in [4.69, 9.17) is 9.47 Å². The van der Waals surface area contributed by atoms with E-state index in [0.29, 0.717) is 0 Å². The Morgan fingerprint density at radius 3 is 1.50 bits per heavy atom. The van der Waals surface area contributed by atoms with E-state index < -0.39 is 8.07 Å². The molecule has 190 valence electrons. The van der Waals surface area contributed by atoms with Crippen LogP contribution in [0, 0.1) is 0 Å². The second kappa shape index (κ2) is 9.01. The molecule has 0 N–H and O–H groups in total. The van der Waals surface area contributed by atoms with E-state index in [9.17, 15) is 0 Å². The number of fused-ring (bicyclic) bond motifs is 4. The number of anilines is 3. The molecule has 0 spiro atoms. The molecule has 40 heavy (non-hydrogen) atoms. The molecule has 0 atom stereocenters. The van der Waals surface area contributed by atoms with Crippen LogP contribution in [0.2, 0.25) is 0 Å². The molecule has 0 bridgehead atoms. The highest BCUT2D eigenvalue weighted by Crippen LogP contribution is 2.50. The van der Waals surface area contributed by atoms with Gasteiger partial charge in [0.15, 0.2) is 19.6 Å². The Kier molecular flexibility index (Phi) is 5.15. The summed E-state index contributed by atoms with van der Waals surface area (Å²) in [4.78, 5) is 2.27. The number of ether oxygens (including phenoxy) is 2. The SMILES string of the molecule is c1ccc([Si]2(c3ccccc3)c3ccccc3Oc3cc(N4c5ccccc5Oc5ccccc54)ccc32)cc1. The van der Waals surface area contributed by atoms with E-state index in [1.165, 1.54) is 20.7 Å². The van der Waals surface area contributed by atoms with Crippen molar-refractivity contribution in [3.05, 3.63) is 152 Å². The molecule has 4 heteroatoms. The van der Waals surface area contributed by atoms with Crippen molar-refractivity contribution in [2.24, 2.45) is 0 Å². The predicted octanol–water partition coefficient (Wildman–Crippen LogP) is 6.75. The fraction of sp³-hybridized carbons (Fsp3) is 0. The Balaban J connectivity index is 1.40. The van der Waals surface area contributed by atoms with Gasteiger partial charge in [0.05, 0.1) is 17.1 Å². The van der Waals surface area contributed by atoms with E-state index in [2.05, 4.69) is 132 Å². The Hall–Kier alpha value is -5.06. The first kappa shape index (κ1) is 22.9. The Bertz CT molecular complexity index is 1780. The van der Waals surface area contributed by atoms with Crippen LogP contribution in [-0.2, 0) is 0 Å². The van der Waals surface area contributed by atoms with Gasteiger partial charge in [0.1, 0.15) is 11.5 Å². The molecule has 2 heterocycles. The number of hydrogen-bond acceptors (Lipinski definition) is 3. The van der Waals surface area contributed by atoms with Crippen LogP contribution in [0.5, 0.6) is 23.0 Å². The summed E-state index contributed by atoms with van der Waals surface area (Å²) in [5, 5.41) is 5.21. The minimum Gasteiger partial charge on any atom is -0.457 e. The number of benzene rings is 6. The van der Waals surface area contributed by atoms with Crippen molar-refractivity contribution in [2.45, 2.75) is 0 Å². The van der Waals surface area contributed by atoms with Crippen molar-refractivity contribution >= 4 is 45.9 Å². The molecule has 0 aromatic heterocycles. The first-order chi connectivity index (χ1) is 19.8. The van der Waals surface area contributed by atoms with Crippen molar-refractivity contribution in [1.82, 2.24) is 0 Å². The monoisotopic (exact) mass is 531 g/mol. The molecule has 0 saturated heterocycles. The van der Waals surface area contributed by atoms with Gasteiger partial charge in [0, 0.05) is 6.07 Å². The molecule has 0 fully saturated rings. The summed E-state index contributed by atoms with van der Waals surface area (Å²) < 4.78 is 13.0. The van der Waals surface area contributed by atoms with Crippen LogP contribution >= 0.6 is 0 Å². The number of hydrogen-bond donors (Lipinski definition) is 0. The van der Waals surface area contributed by atoms with Gasteiger partial charge < -0.3 is 14.4 Å². The van der Waals surface area contributed by atoms with Gasteiger partial charge in [-0.3, -0.25) is 0 Å². The van der Waals surface area contributed by atoms with Gasteiger partial charge in [0.25, 0.3) is 0 Å². The Morgan fingerprint density at radius 2 is 0.875 bits per heavy atom. The summed E-state index contributed by atoms with van der Waals surface area (Å²) in [6, 6.07) is 53.6. The zero-order chi connectivity index (χ0) is 26.5. The fourth-order valence-corrected chi connectivity index (χ4v) is 11.2. The van der Waals surface area contributed by atoms with Crippen molar-refractivity contribution < 1.29 is 9.47 Å². The zero-order valence-corrected chi connectivity index (χ0v) is 22.7. The molecule has 2 aliphatic heterocycles. The molecule has 0 amide bonds. The second-order valence-electron chi connectivity index (χ2n) is 10.1. The van der Waals surface area contributed by atoms with Gasteiger partial charge >= 0.3 is 0 Å². The van der Waals surface area contributed by atoms with Crippen molar-refractivity contribution in [1.29, 1.82) is 0 Å². The Morgan fingerprint density at radius 1 is 0.400 bits per heavy atom. The van der Waals surface area contributed by atoms with Crippen molar-refractivity contribution in [2.75, 3.05) is 4.90 Å². The maximum absolute atomic E-state index is 6.76. The molecule has 2 aliphatic rings. The average molecular weight is 532 g/mol. The van der Waals surface area contributed by atoms with Gasteiger partial charge in [-0.1, -0.05) is 109 Å². The van der Waals surface area contributed by atoms with Gasteiger partial charge in [-0.15, -0.1) is 0 Å². The van der Waals surface area contributed by atoms with Crippen LogP contribution in [0.1, 0.15) is 0 Å². The van der Waals surface area contributed by atoms with Crippen LogP contribution in [0.4, 0.5) is 17.1 Å². The first-order valence-electron chi connectivity index (χ1n) is 13.5. The topological polar surface area (TPSA) is 21.7 Å². The van der Waals surface area contributed by atoms with Crippen LogP contribution in [0.25, 0.3) is 0 Å². The predicted molar refractivity (Wildman–Crippen MR) is 165 cm³/mol. The van der Waals surface area contributed by atoms with E-state index >= 15 is 0 Å². The molecule has 3 nitrogen and oxygen atoms in total. The first-order valence-corrected chi connectivity index (χ1v) is 15.5.